The summed E-state index contributed by atoms with van der Waals surface area (Å²) in [5.74, 6) is 0.0269. The molecule has 4 heteroatoms. The van der Waals surface area contributed by atoms with E-state index in [4.69, 9.17) is 0 Å². The summed E-state index contributed by atoms with van der Waals surface area (Å²) >= 11 is 0. The first-order chi connectivity index (χ1) is 8.08. The molecular formula is C13H18N2O2. The van der Waals surface area contributed by atoms with Crippen molar-refractivity contribution in [3.63, 3.8) is 0 Å². The molecule has 0 bridgehead atoms. The van der Waals surface area contributed by atoms with Gasteiger partial charge in [-0.05, 0) is 30.7 Å². The number of benzene rings is 1. The zero-order chi connectivity index (χ0) is 12.8. The number of carbonyl (C=O) groups is 2. The fourth-order valence-corrected chi connectivity index (χ4v) is 1.69. The SMILES string of the molecule is CNC(=O)CCN(C)c1ccc(C=O)cc1C. The number of hydrogen-bond acceptors (Lipinski definition) is 3. The van der Waals surface area contributed by atoms with Gasteiger partial charge in [0.2, 0.25) is 5.91 Å². The third kappa shape index (κ3) is 3.59. The monoisotopic (exact) mass is 234 g/mol. The average molecular weight is 234 g/mol. The Morgan fingerprint density at radius 2 is 2.18 bits per heavy atom. The minimum Gasteiger partial charge on any atom is -0.374 e. The summed E-state index contributed by atoms with van der Waals surface area (Å²) in [5.41, 5.74) is 2.75. The number of aldehydes is 1. The highest BCUT2D eigenvalue weighted by Gasteiger charge is 2.07. The summed E-state index contributed by atoms with van der Waals surface area (Å²) in [7, 11) is 3.57. The number of nitrogens with zero attached hydrogens (tertiary/aromatic N) is 1. The van der Waals surface area contributed by atoms with Crippen LogP contribution in [0.1, 0.15) is 22.3 Å². The minimum atomic E-state index is 0.0269. The Morgan fingerprint density at radius 3 is 2.71 bits per heavy atom. The lowest BCUT2D eigenvalue weighted by molar-refractivity contribution is -0.120. The second-order valence-corrected chi connectivity index (χ2v) is 4.01. The van der Waals surface area contributed by atoms with E-state index in [9.17, 15) is 9.59 Å². The van der Waals surface area contributed by atoms with Crippen molar-refractivity contribution in [3.8, 4) is 0 Å². The lowest BCUT2D eigenvalue weighted by Crippen LogP contribution is -2.26. The van der Waals surface area contributed by atoms with Crippen molar-refractivity contribution >= 4 is 17.9 Å². The van der Waals surface area contributed by atoms with E-state index >= 15 is 0 Å². The molecule has 0 fully saturated rings. The number of hydrogen-bond donors (Lipinski definition) is 1. The number of nitrogens with one attached hydrogen (secondary N) is 1. The zero-order valence-corrected chi connectivity index (χ0v) is 10.5. The normalized spacial score (nSPS) is 9.82. The second-order valence-electron chi connectivity index (χ2n) is 4.01. The Bertz CT molecular complexity index is 416. The smallest absolute Gasteiger partial charge is 0.221 e. The molecule has 4 nitrogen and oxygen atoms in total. The van der Waals surface area contributed by atoms with Crippen LogP contribution in [0.4, 0.5) is 5.69 Å². The Kier molecular flexibility index (Phi) is 4.69. The van der Waals surface area contributed by atoms with Crippen LogP contribution in [0.15, 0.2) is 18.2 Å². The lowest BCUT2D eigenvalue weighted by Gasteiger charge is -2.21. The predicted molar refractivity (Wildman–Crippen MR) is 68.5 cm³/mol. The maximum absolute atomic E-state index is 11.1. The summed E-state index contributed by atoms with van der Waals surface area (Å²) in [6.45, 7) is 2.61. The molecule has 0 aliphatic heterocycles. The average Bonchev–Trinajstić information content (AvgIpc) is 2.35. The van der Waals surface area contributed by atoms with Crippen LogP contribution in [0.2, 0.25) is 0 Å². The van der Waals surface area contributed by atoms with Gasteiger partial charge in [-0.3, -0.25) is 9.59 Å². The molecule has 1 aromatic carbocycles. The standard InChI is InChI=1S/C13H18N2O2/c1-10-8-11(9-16)4-5-12(10)15(3)7-6-13(17)14-2/h4-5,8-9H,6-7H2,1-3H3,(H,14,17). The molecule has 92 valence electrons. The molecule has 0 heterocycles. The molecule has 0 aromatic heterocycles. The van der Waals surface area contributed by atoms with Gasteiger partial charge in [0.1, 0.15) is 6.29 Å². The van der Waals surface area contributed by atoms with E-state index in [0.717, 1.165) is 17.5 Å². The predicted octanol–water partition coefficient (Wildman–Crippen LogP) is 1.38. The van der Waals surface area contributed by atoms with E-state index in [1.54, 1.807) is 13.1 Å². The number of aryl methyl sites for hydroxylation is 1. The van der Waals surface area contributed by atoms with Crippen LogP contribution in [-0.4, -0.2) is 32.8 Å². The van der Waals surface area contributed by atoms with Crippen molar-refractivity contribution in [2.45, 2.75) is 13.3 Å². The highest BCUT2D eigenvalue weighted by molar-refractivity contribution is 5.78. The number of anilines is 1. The van der Waals surface area contributed by atoms with Crippen LogP contribution in [0.5, 0.6) is 0 Å². The molecule has 0 saturated heterocycles. The number of amides is 1. The van der Waals surface area contributed by atoms with Crippen LogP contribution < -0.4 is 10.2 Å². The van der Waals surface area contributed by atoms with E-state index < -0.39 is 0 Å². The maximum atomic E-state index is 11.1. The fourth-order valence-electron chi connectivity index (χ4n) is 1.69. The van der Waals surface area contributed by atoms with Crippen molar-refractivity contribution in [2.24, 2.45) is 0 Å². The Morgan fingerprint density at radius 1 is 1.47 bits per heavy atom. The van der Waals surface area contributed by atoms with Gasteiger partial charge in [0, 0.05) is 38.3 Å². The lowest BCUT2D eigenvalue weighted by atomic mass is 10.1. The van der Waals surface area contributed by atoms with Gasteiger partial charge in [-0.1, -0.05) is 0 Å². The maximum Gasteiger partial charge on any atom is 0.221 e. The molecule has 1 amide bonds. The Balaban J connectivity index is 2.71. The minimum absolute atomic E-state index is 0.0269. The molecule has 17 heavy (non-hydrogen) atoms. The van der Waals surface area contributed by atoms with Crippen LogP contribution in [0.25, 0.3) is 0 Å². The van der Waals surface area contributed by atoms with Crippen molar-refractivity contribution in [2.75, 3.05) is 25.5 Å². The van der Waals surface area contributed by atoms with Gasteiger partial charge in [-0.2, -0.15) is 0 Å². The zero-order valence-electron chi connectivity index (χ0n) is 10.5. The third-order valence-electron chi connectivity index (χ3n) is 2.72. The molecule has 0 atom stereocenters. The molecule has 0 saturated carbocycles. The van der Waals surface area contributed by atoms with Crippen LogP contribution in [0.3, 0.4) is 0 Å². The van der Waals surface area contributed by atoms with Gasteiger partial charge in [-0.25, -0.2) is 0 Å². The molecule has 0 radical (unpaired) electrons. The first-order valence-electron chi connectivity index (χ1n) is 5.56. The van der Waals surface area contributed by atoms with Crippen molar-refractivity contribution in [1.82, 2.24) is 5.32 Å². The van der Waals surface area contributed by atoms with E-state index in [2.05, 4.69) is 5.32 Å². The van der Waals surface area contributed by atoms with Crippen LogP contribution >= 0.6 is 0 Å². The van der Waals surface area contributed by atoms with Gasteiger partial charge in [0.25, 0.3) is 0 Å². The summed E-state index contributed by atoms with van der Waals surface area (Å²) < 4.78 is 0. The quantitative estimate of drug-likeness (QED) is 0.783. The number of carbonyl (C=O) groups excluding carboxylic acids is 2. The van der Waals surface area contributed by atoms with Gasteiger partial charge < -0.3 is 10.2 Å². The Labute approximate surface area is 102 Å². The molecule has 0 spiro atoms. The summed E-state index contributed by atoms with van der Waals surface area (Å²) in [6, 6.07) is 5.54. The highest BCUT2D eigenvalue weighted by Crippen LogP contribution is 2.19. The summed E-state index contributed by atoms with van der Waals surface area (Å²) in [5, 5.41) is 2.59. The molecule has 1 rings (SSSR count). The third-order valence-corrected chi connectivity index (χ3v) is 2.72. The molecule has 0 unspecified atom stereocenters. The second kappa shape index (κ2) is 6.03. The topological polar surface area (TPSA) is 49.4 Å². The van der Waals surface area contributed by atoms with Gasteiger partial charge >= 0.3 is 0 Å². The summed E-state index contributed by atoms with van der Waals surface area (Å²) in [6.07, 6.45) is 1.29. The highest BCUT2D eigenvalue weighted by atomic mass is 16.1. The first kappa shape index (κ1) is 13.2. The van der Waals surface area contributed by atoms with Crippen molar-refractivity contribution in [3.05, 3.63) is 29.3 Å². The van der Waals surface area contributed by atoms with Crippen molar-refractivity contribution in [1.29, 1.82) is 0 Å². The van der Waals surface area contributed by atoms with Crippen LogP contribution in [-0.2, 0) is 4.79 Å². The van der Waals surface area contributed by atoms with Gasteiger partial charge in [-0.15, -0.1) is 0 Å². The van der Waals surface area contributed by atoms with Crippen LogP contribution in [0, 0.1) is 6.92 Å². The Hall–Kier alpha value is -1.84. The summed E-state index contributed by atoms with van der Waals surface area (Å²) in [4.78, 5) is 23.8. The van der Waals surface area contributed by atoms with Gasteiger partial charge in [0.15, 0.2) is 0 Å². The largest absolute Gasteiger partial charge is 0.374 e. The van der Waals surface area contributed by atoms with E-state index in [-0.39, 0.29) is 5.91 Å². The van der Waals surface area contributed by atoms with E-state index in [0.29, 0.717) is 18.5 Å². The molecule has 1 N–H and O–H groups in total. The van der Waals surface area contributed by atoms with E-state index in [1.807, 2.05) is 31.0 Å². The van der Waals surface area contributed by atoms with Gasteiger partial charge in [0.05, 0.1) is 0 Å². The molecule has 0 aliphatic carbocycles. The first-order valence-corrected chi connectivity index (χ1v) is 5.56. The molecular weight excluding hydrogens is 216 g/mol. The van der Waals surface area contributed by atoms with Crippen molar-refractivity contribution < 1.29 is 9.59 Å². The molecule has 0 aliphatic rings. The molecule has 1 aromatic rings. The fraction of sp³-hybridized carbons (Fsp3) is 0.385. The number of rotatable bonds is 5. The van der Waals surface area contributed by atoms with E-state index in [1.165, 1.54) is 0 Å².